The zero-order valence-electron chi connectivity index (χ0n) is 53.9. The first-order chi connectivity index (χ1) is 44.6. The van der Waals surface area contributed by atoms with Crippen LogP contribution in [-0.4, -0.2) is 196 Å². The van der Waals surface area contributed by atoms with Crippen LogP contribution in [0.15, 0.2) is 115 Å². The molecule has 0 aromatic heterocycles. The smallest absolute Gasteiger partial charge is 0.250 e. The van der Waals surface area contributed by atoms with Crippen molar-refractivity contribution < 1.29 is 67.4 Å². The maximum absolute atomic E-state index is 15.1. The van der Waals surface area contributed by atoms with Crippen LogP contribution in [0.3, 0.4) is 0 Å². The van der Waals surface area contributed by atoms with Gasteiger partial charge in [0.15, 0.2) is 5.12 Å². The first-order valence-electron chi connectivity index (χ1n) is 30.9. The van der Waals surface area contributed by atoms with Gasteiger partial charge in [-0.3, -0.25) is 67.2 Å². The summed E-state index contributed by atoms with van der Waals surface area (Å²) >= 11 is 0.895. The number of anilines is 1. The van der Waals surface area contributed by atoms with E-state index in [2.05, 4.69) is 37.2 Å². The normalized spacial score (nSPS) is 17.7. The fourth-order valence-electron chi connectivity index (χ4n) is 11.0. The van der Waals surface area contributed by atoms with Crippen LogP contribution >= 0.6 is 11.8 Å². The van der Waals surface area contributed by atoms with E-state index in [1.807, 2.05) is 48.5 Å². The monoisotopic (exact) mass is 1320 g/mol. The molecule has 0 radical (unpaired) electrons. The number of amides is 12. The summed E-state index contributed by atoms with van der Waals surface area (Å²) in [7, 11) is 2.66. The standard InChI is InChI=1S/C66H85N13O14S/c1-37(2)56(62(89)73-48-31-45-26-18-19-27-50(45)79(65(48)92)52(32-55(83)94-36-44-24-16-11-17-25-44)66(93)76(7)40(5)57(84)74-49(35-80)60(87)69-33-53(68)81)75-58(85)41(6)78-38(3)28-47(64(78)91)72-54(82)34-70-61(88)51(30-43-22-14-10-15-23-43)77(8)63(90)39(4)71-59(86)46(67)29-42-20-12-9-13-21-42/h9-27,37-41,46-49,51-52,56,80H,28-36,67H2,1-8H3,(H2,68,81)(H,69,87)(H,70,88)(H,71,86)(H,72,82)(H,73,89)(H,74,84)(H,75,85)/t38?,39-,40-,41-,46-,47-,48-,49-,51-,52-,56-/m0/s1. The number of para-hydroxylation sites is 1. The Morgan fingerprint density at radius 1 is 0.628 bits per heavy atom. The van der Waals surface area contributed by atoms with Crippen LogP contribution in [0.25, 0.3) is 0 Å². The number of nitrogens with one attached hydrogen (secondary N) is 7. The van der Waals surface area contributed by atoms with Gasteiger partial charge in [0.25, 0.3) is 5.91 Å². The highest BCUT2D eigenvalue weighted by Crippen LogP contribution is 2.33. The number of rotatable bonds is 31. The highest BCUT2D eigenvalue weighted by Gasteiger charge is 2.46. The van der Waals surface area contributed by atoms with Gasteiger partial charge >= 0.3 is 0 Å². The van der Waals surface area contributed by atoms with E-state index in [0.29, 0.717) is 11.1 Å². The second-order valence-corrected chi connectivity index (χ2v) is 24.8. The predicted octanol–water partition coefficient (Wildman–Crippen LogP) is -0.900. The fraction of sp³-hybridized carbons (Fsp3) is 0.439. The number of hydrogen-bond donors (Lipinski definition) is 10. The maximum atomic E-state index is 15.1. The number of benzene rings is 4. The zero-order chi connectivity index (χ0) is 69.1. The molecule has 0 bridgehead atoms. The lowest BCUT2D eigenvalue weighted by atomic mass is 9.93. The third kappa shape index (κ3) is 19.7. The van der Waals surface area contributed by atoms with Gasteiger partial charge in [0.2, 0.25) is 65.0 Å². The Labute approximate surface area is 550 Å². The first-order valence-corrected chi connectivity index (χ1v) is 31.9. The average Bonchev–Trinajstić information content (AvgIpc) is 0.881. The van der Waals surface area contributed by atoms with Crippen LogP contribution in [0, 0.1) is 5.92 Å². The maximum Gasteiger partial charge on any atom is 0.250 e. The molecule has 12 N–H and O–H groups in total. The number of fused-ring (bicyclic) bond motifs is 1. The van der Waals surface area contributed by atoms with E-state index in [9.17, 15) is 62.6 Å². The van der Waals surface area contributed by atoms with Crippen LogP contribution in [0.2, 0.25) is 0 Å². The Morgan fingerprint density at radius 2 is 1.20 bits per heavy atom. The van der Waals surface area contributed by atoms with Gasteiger partial charge in [0.05, 0.1) is 25.7 Å². The van der Waals surface area contributed by atoms with Crippen molar-refractivity contribution in [1.82, 2.24) is 51.9 Å². The van der Waals surface area contributed by atoms with Gasteiger partial charge in [-0.15, -0.1) is 0 Å². The summed E-state index contributed by atoms with van der Waals surface area (Å²) in [5.74, 6) is -9.64. The molecule has 2 aliphatic rings. The molecule has 0 saturated carbocycles. The van der Waals surface area contributed by atoms with Crippen LogP contribution in [0.4, 0.5) is 5.69 Å². The molecule has 2 heterocycles. The Morgan fingerprint density at radius 3 is 1.80 bits per heavy atom. The van der Waals surface area contributed by atoms with Gasteiger partial charge < -0.3 is 68.5 Å². The van der Waals surface area contributed by atoms with E-state index in [4.69, 9.17) is 11.5 Å². The number of primary amides is 1. The van der Waals surface area contributed by atoms with Crippen LogP contribution < -0.4 is 53.6 Å². The number of aliphatic hydroxyl groups excluding tert-OH is 1. The Hall–Kier alpha value is -9.54. The molecule has 1 saturated heterocycles. The molecule has 12 amide bonds. The highest BCUT2D eigenvalue weighted by atomic mass is 32.2. The molecule has 4 aromatic carbocycles. The first kappa shape index (κ1) is 73.5. The second kappa shape index (κ2) is 34.4. The minimum Gasteiger partial charge on any atom is -0.394 e. The van der Waals surface area contributed by atoms with Crippen molar-refractivity contribution in [3.63, 3.8) is 0 Å². The molecule has 1 unspecified atom stereocenters. The van der Waals surface area contributed by atoms with Gasteiger partial charge in [-0.05, 0) is 74.8 Å². The Bertz CT molecular complexity index is 3400. The molecule has 94 heavy (non-hydrogen) atoms. The van der Waals surface area contributed by atoms with E-state index in [1.165, 1.54) is 44.7 Å². The van der Waals surface area contributed by atoms with Crippen LogP contribution in [0.1, 0.15) is 76.6 Å². The number of hydrogen-bond acceptors (Lipinski definition) is 16. The molecule has 0 aliphatic carbocycles. The number of aliphatic hydroxyl groups is 1. The molecular weight excluding hydrogens is 1230 g/mol. The summed E-state index contributed by atoms with van der Waals surface area (Å²) in [6, 6.07) is 20.1. The fourth-order valence-corrected chi connectivity index (χ4v) is 11.8. The van der Waals surface area contributed by atoms with Gasteiger partial charge in [0.1, 0.15) is 54.4 Å². The van der Waals surface area contributed by atoms with Crippen molar-refractivity contribution in [3.8, 4) is 0 Å². The van der Waals surface area contributed by atoms with E-state index in [-0.39, 0.29) is 37.1 Å². The van der Waals surface area contributed by atoms with E-state index in [0.717, 1.165) is 32.7 Å². The lowest BCUT2D eigenvalue weighted by molar-refractivity contribution is -0.142. The molecule has 2 aliphatic heterocycles. The van der Waals surface area contributed by atoms with Gasteiger partial charge in [-0.25, -0.2) is 0 Å². The van der Waals surface area contributed by atoms with Crippen molar-refractivity contribution in [3.05, 3.63) is 138 Å². The number of nitrogens with zero attached hydrogens (tertiary/aromatic N) is 4. The minimum absolute atomic E-state index is 0.0384. The quantitative estimate of drug-likeness (QED) is 0.0292. The molecule has 4 aromatic rings. The summed E-state index contributed by atoms with van der Waals surface area (Å²) in [4.78, 5) is 183. The summed E-state index contributed by atoms with van der Waals surface area (Å²) in [6.07, 6.45) is -0.341. The van der Waals surface area contributed by atoms with Crippen LogP contribution in [0.5, 0.6) is 0 Å². The van der Waals surface area contributed by atoms with Crippen molar-refractivity contribution in [2.24, 2.45) is 17.4 Å². The second-order valence-electron chi connectivity index (χ2n) is 23.8. The van der Waals surface area contributed by atoms with Crippen molar-refractivity contribution in [1.29, 1.82) is 0 Å². The molecule has 28 heteroatoms. The van der Waals surface area contributed by atoms with Gasteiger partial charge in [-0.1, -0.05) is 135 Å². The number of carbonyl (C=O) groups excluding carboxylic acids is 13. The lowest BCUT2D eigenvalue weighted by Gasteiger charge is -2.41. The van der Waals surface area contributed by atoms with Gasteiger partial charge in [0, 0.05) is 50.8 Å². The number of carbonyl (C=O) groups is 13. The molecule has 1 fully saturated rings. The number of thioether (sulfide) groups is 1. The third-order valence-corrected chi connectivity index (χ3v) is 17.4. The SMILES string of the molecule is CC(C)[C@H](NC(=O)[C@H](C)N1C(=O)[C@@H](NC(=O)CNC(=O)[C@H](Cc2ccccc2)N(C)C(=O)[C@H](C)NC(=O)[C@@H](N)Cc2ccccc2)CC1C)C(=O)N[C@H]1Cc2ccccc2N([C@@H](CC(=O)SCc2ccccc2)C(=O)N(C)[C@@H](C)C(=O)N[C@@H](CO)C(=O)NCC(N)=O)C1=O. The van der Waals surface area contributed by atoms with E-state index >= 15 is 4.79 Å². The molecule has 504 valence electrons. The molecule has 27 nitrogen and oxygen atoms in total. The van der Waals surface area contributed by atoms with Crippen molar-refractivity contribution in [2.45, 2.75) is 146 Å². The Kier molecular flexibility index (Phi) is 26.9. The van der Waals surface area contributed by atoms with Crippen molar-refractivity contribution in [2.75, 3.05) is 38.7 Å². The summed E-state index contributed by atoms with van der Waals surface area (Å²) < 4.78 is 0. The summed E-state index contributed by atoms with van der Waals surface area (Å²) in [6.45, 7) is 7.13. The number of nitrogens with two attached hydrogens (primary N) is 2. The number of likely N-dealkylation sites (N-methyl/N-ethyl adjacent to an activating group) is 2. The average molecular weight is 1320 g/mol. The van der Waals surface area contributed by atoms with E-state index < -0.39 is 174 Å². The zero-order valence-corrected chi connectivity index (χ0v) is 54.7. The molecule has 11 atom stereocenters. The topological polar surface area (TPSA) is 391 Å². The molecular formula is C66H85N13O14S. The predicted molar refractivity (Wildman–Crippen MR) is 349 cm³/mol. The minimum atomic E-state index is -1.62. The third-order valence-electron chi connectivity index (χ3n) is 16.4. The van der Waals surface area contributed by atoms with Crippen molar-refractivity contribution >= 4 is 93.5 Å². The van der Waals surface area contributed by atoms with E-state index in [1.54, 1.807) is 87.5 Å². The summed E-state index contributed by atoms with van der Waals surface area (Å²) in [5, 5.41) is 27.3. The largest absolute Gasteiger partial charge is 0.394 e. The molecule has 6 rings (SSSR count). The Balaban J connectivity index is 1.11. The van der Waals surface area contributed by atoms with Crippen LogP contribution in [-0.2, 0) is 87.3 Å². The summed E-state index contributed by atoms with van der Waals surface area (Å²) in [5.41, 5.74) is 14.3. The number of likely N-dealkylation sites (tertiary alicyclic amines) is 1. The van der Waals surface area contributed by atoms with Gasteiger partial charge in [-0.2, -0.15) is 0 Å². The lowest BCUT2D eigenvalue weighted by Crippen LogP contribution is -2.63. The highest BCUT2D eigenvalue weighted by molar-refractivity contribution is 8.12. The molecule has 0 spiro atoms.